The zero-order chi connectivity index (χ0) is 19.0. The Morgan fingerprint density at radius 1 is 1.19 bits per heavy atom. The first kappa shape index (κ1) is 20.6. The predicted octanol–water partition coefficient (Wildman–Crippen LogP) is 2.60. The summed E-state index contributed by atoms with van der Waals surface area (Å²) in [5.74, 6) is 2.31. The summed E-state index contributed by atoms with van der Waals surface area (Å²) in [5, 5.41) is 6.80. The van der Waals surface area contributed by atoms with Gasteiger partial charge in [0, 0.05) is 18.8 Å². The number of hydrogen-bond donors (Lipinski definition) is 2. The SMILES string of the molecule is CCNC(=NCCOc1ccc(S(C)(=O)=O)cc1)NC1CCC(C)CC1. The third-order valence-electron chi connectivity index (χ3n) is 4.58. The predicted molar refractivity (Wildman–Crippen MR) is 106 cm³/mol. The van der Waals surface area contributed by atoms with E-state index in [-0.39, 0.29) is 0 Å². The molecule has 0 unspecified atom stereocenters. The molecule has 0 spiro atoms. The van der Waals surface area contributed by atoms with Crippen molar-refractivity contribution in [2.24, 2.45) is 10.9 Å². The molecule has 0 atom stereocenters. The lowest BCUT2D eigenvalue weighted by Gasteiger charge is -2.28. The standard InChI is InChI=1S/C19H31N3O3S/c1-4-20-19(22-16-7-5-15(2)6-8-16)21-13-14-25-17-9-11-18(12-10-17)26(3,23)24/h9-12,15-16H,4-8,13-14H2,1-3H3,(H2,20,21,22). The van der Waals surface area contributed by atoms with Crippen LogP contribution in [0.25, 0.3) is 0 Å². The molecule has 0 saturated heterocycles. The summed E-state index contributed by atoms with van der Waals surface area (Å²) >= 11 is 0. The van der Waals surface area contributed by atoms with E-state index in [1.165, 1.54) is 31.9 Å². The van der Waals surface area contributed by atoms with Gasteiger partial charge in [-0.2, -0.15) is 0 Å². The maximum absolute atomic E-state index is 11.5. The van der Waals surface area contributed by atoms with E-state index in [9.17, 15) is 8.42 Å². The molecule has 1 aliphatic carbocycles. The molecule has 0 aromatic heterocycles. The second-order valence-electron chi connectivity index (χ2n) is 6.95. The third kappa shape index (κ3) is 6.86. The van der Waals surface area contributed by atoms with Crippen molar-refractivity contribution in [2.45, 2.75) is 50.5 Å². The highest BCUT2D eigenvalue weighted by Gasteiger charge is 2.18. The van der Waals surface area contributed by atoms with E-state index in [0.717, 1.165) is 18.4 Å². The van der Waals surface area contributed by atoms with Crippen LogP contribution in [0.15, 0.2) is 34.2 Å². The molecule has 0 heterocycles. The fraction of sp³-hybridized carbons (Fsp3) is 0.632. The Morgan fingerprint density at radius 3 is 2.42 bits per heavy atom. The normalized spacial score (nSPS) is 21.3. The molecule has 1 saturated carbocycles. The number of sulfone groups is 1. The van der Waals surface area contributed by atoms with Crippen molar-refractivity contribution < 1.29 is 13.2 Å². The van der Waals surface area contributed by atoms with E-state index < -0.39 is 9.84 Å². The number of guanidine groups is 1. The van der Waals surface area contributed by atoms with Gasteiger partial charge < -0.3 is 15.4 Å². The molecule has 1 aromatic carbocycles. The molecule has 2 N–H and O–H groups in total. The highest BCUT2D eigenvalue weighted by atomic mass is 32.2. The summed E-state index contributed by atoms with van der Waals surface area (Å²) in [5.41, 5.74) is 0. The highest BCUT2D eigenvalue weighted by molar-refractivity contribution is 7.90. The third-order valence-corrected chi connectivity index (χ3v) is 5.71. The Balaban J connectivity index is 1.80. The Hall–Kier alpha value is -1.76. The molecular formula is C19H31N3O3S. The summed E-state index contributed by atoms with van der Waals surface area (Å²) in [6, 6.07) is 6.96. The molecule has 7 heteroatoms. The topological polar surface area (TPSA) is 79.8 Å². The first-order valence-electron chi connectivity index (χ1n) is 9.36. The second-order valence-corrected chi connectivity index (χ2v) is 8.97. The largest absolute Gasteiger partial charge is 0.492 e. The van der Waals surface area contributed by atoms with E-state index in [1.807, 2.05) is 0 Å². The number of hydrogen-bond acceptors (Lipinski definition) is 4. The van der Waals surface area contributed by atoms with Crippen molar-refractivity contribution >= 4 is 15.8 Å². The van der Waals surface area contributed by atoms with E-state index >= 15 is 0 Å². The van der Waals surface area contributed by atoms with Crippen LogP contribution in [0.3, 0.4) is 0 Å². The number of aliphatic imine (C=N–C) groups is 1. The zero-order valence-corrected chi connectivity index (χ0v) is 16.8. The first-order chi connectivity index (χ1) is 12.4. The number of nitrogens with zero attached hydrogens (tertiary/aromatic N) is 1. The summed E-state index contributed by atoms with van der Waals surface area (Å²) in [6.45, 7) is 6.17. The maximum Gasteiger partial charge on any atom is 0.191 e. The van der Waals surface area contributed by atoms with Gasteiger partial charge in [0.05, 0.1) is 11.4 Å². The maximum atomic E-state index is 11.5. The minimum atomic E-state index is -3.17. The molecule has 146 valence electrons. The smallest absolute Gasteiger partial charge is 0.191 e. The lowest BCUT2D eigenvalue weighted by Crippen LogP contribution is -2.44. The molecule has 6 nitrogen and oxygen atoms in total. The molecule has 0 amide bonds. The monoisotopic (exact) mass is 381 g/mol. The lowest BCUT2D eigenvalue weighted by atomic mass is 9.87. The Labute approximate surface area is 157 Å². The molecule has 2 rings (SSSR count). The Kier molecular flexibility index (Phi) is 7.75. The van der Waals surface area contributed by atoms with Crippen molar-refractivity contribution in [3.63, 3.8) is 0 Å². The van der Waals surface area contributed by atoms with Crippen LogP contribution in [0.4, 0.5) is 0 Å². The number of benzene rings is 1. The average molecular weight is 382 g/mol. The van der Waals surface area contributed by atoms with Gasteiger partial charge >= 0.3 is 0 Å². The summed E-state index contributed by atoms with van der Waals surface area (Å²) < 4.78 is 28.5. The molecule has 1 aliphatic rings. The summed E-state index contributed by atoms with van der Waals surface area (Å²) in [7, 11) is -3.17. The van der Waals surface area contributed by atoms with Crippen LogP contribution >= 0.6 is 0 Å². The van der Waals surface area contributed by atoms with E-state index in [0.29, 0.717) is 29.8 Å². The summed E-state index contributed by atoms with van der Waals surface area (Å²) in [4.78, 5) is 4.87. The van der Waals surface area contributed by atoms with Crippen LogP contribution in [0, 0.1) is 5.92 Å². The van der Waals surface area contributed by atoms with Gasteiger partial charge in [0.1, 0.15) is 12.4 Å². The fourth-order valence-electron chi connectivity index (χ4n) is 3.02. The number of rotatable bonds is 7. The summed E-state index contributed by atoms with van der Waals surface area (Å²) in [6.07, 6.45) is 6.11. The van der Waals surface area contributed by atoms with Crippen molar-refractivity contribution in [1.29, 1.82) is 0 Å². The fourth-order valence-corrected chi connectivity index (χ4v) is 3.65. The quantitative estimate of drug-likeness (QED) is 0.431. The van der Waals surface area contributed by atoms with Gasteiger partial charge in [-0.1, -0.05) is 6.92 Å². The Bertz CT molecular complexity index is 678. The van der Waals surface area contributed by atoms with Gasteiger partial charge in [0.15, 0.2) is 15.8 Å². The van der Waals surface area contributed by atoms with Gasteiger partial charge in [0.25, 0.3) is 0 Å². The molecule has 0 bridgehead atoms. The van der Waals surface area contributed by atoms with Gasteiger partial charge in [-0.3, -0.25) is 0 Å². The van der Waals surface area contributed by atoms with E-state index in [1.54, 1.807) is 24.3 Å². The van der Waals surface area contributed by atoms with Crippen LogP contribution in [-0.4, -0.2) is 46.4 Å². The molecular weight excluding hydrogens is 350 g/mol. The van der Waals surface area contributed by atoms with Crippen molar-refractivity contribution in [3.05, 3.63) is 24.3 Å². The van der Waals surface area contributed by atoms with Gasteiger partial charge in [0.2, 0.25) is 0 Å². The molecule has 1 fully saturated rings. The second kappa shape index (κ2) is 9.80. The van der Waals surface area contributed by atoms with Crippen LogP contribution < -0.4 is 15.4 Å². The average Bonchev–Trinajstić information content (AvgIpc) is 2.60. The van der Waals surface area contributed by atoms with Crippen LogP contribution in [0.5, 0.6) is 5.75 Å². The van der Waals surface area contributed by atoms with Gasteiger partial charge in [-0.05, 0) is 62.8 Å². The van der Waals surface area contributed by atoms with Crippen LogP contribution in [-0.2, 0) is 9.84 Å². The van der Waals surface area contributed by atoms with Crippen molar-refractivity contribution in [2.75, 3.05) is 26.0 Å². The van der Waals surface area contributed by atoms with Crippen LogP contribution in [0.2, 0.25) is 0 Å². The van der Waals surface area contributed by atoms with E-state index in [4.69, 9.17) is 4.74 Å². The highest BCUT2D eigenvalue weighted by Crippen LogP contribution is 2.23. The van der Waals surface area contributed by atoms with Crippen LogP contribution in [0.1, 0.15) is 39.5 Å². The first-order valence-corrected chi connectivity index (χ1v) is 11.3. The number of nitrogens with one attached hydrogen (secondary N) is 2. The Morgan fingerprint density at radius 2 is 1.85 bits per heavy atom. The van der Waals surface area contributed by atoms with Gasteiger partial charge in [-0.25, -0.2) is 13.4 Å². The number of ether oxygens (including phenoxy) is 1. The lowest BCUT2D eigenvalue weighted by molar-refractivity contribution is 0.323. The van der Waals surface area contributed by atoms with E-state index in [2.05, 4.69) is 29.5 Å². The molecule has 26 heavy (non-hydrogen) atoms. The van der Waals surface area contributed by atoms with Crippen molar-refractivity contribution in [3.8, 4) is 5.75 Å². The molecule has 1 aromatic rings. The minimum Gasteiger partial charge on any atom is -0.492 e. The van der Waals surface area contributed by atoms with Gasteiger partial charge in [-0.15, -0.1) is 0 Å². The molecule has 0 radical (unpaired) electrons. The molecule has 0 aliphatic heterocycles. The zero-order valence-electron chi connectivity index (χ0n) is 16.0. The van der Waals surface area contributed by atoms with Crippen molar-refractivity contribution in [1.82, 2.24) is 10.6 Å². The minimum absolute atomic E-state index is 0.295.